The third kappa shape index (κ3) is 3.47. The van der Waals surface area contributed by atoms with E-state index in [1.165, 1.54) is 24.3 Å². The van der Waals surface area contributed by atoms with Crippen molar-refractivity contribution in [3.63, 3.8) is 0 Å². The topological polar surface area (TPSA) is 78.4 Å². The van der Waals surface area contributed by atoms with E-state index in [-0.39, 0.29) is 11.6 Å². The van der Waals surface area contributed by atoms with Gasteiger partial charge >= 0.3 is 0 Å². The maximum absolute atomic E-state index is 11.3. The molecule has 0 saturated heterocycles. The van der Waals surface area contributed by atoms with Gasteiger partial charge in [0.1, 0.15) is 11.6 Å². The average Bonchev–Trinajstić information content (AvgIpc) is 2.26. The normalized spacial score (nSPS) is 9.40. The fourth-order valence-electron chi connectivity index (χ4n) is 0.845. The summed E-state index contributed by atoms with van der Waals surface area (Å²) in [4.78, 5) is 22.0. The summed E-state index contributed by atoms with van der Waals surface area (Å²) in [6.07, 6.45) is 0. The van der Waals surface area contributed by atoms with Crippen LogP contribution in [0.15, 0.2) is 24.3 Å². The number of nitrogens with one attached hydrogen (secondary N) is 2. The van der Waals surface area contributed by atoms with Crippen LogP contribution in [-0.4, -0.2) is 22.8 Å². The zero-order chi connectivity index (χ0) is 11.3. The lowest BCUT2D eigenvalue weighted by molar-refractivity contribution is -0.119. The lowest BCUT2D eigenvalue weighted by atomic mass is 10.2. The van der Waals surface area contributed by atoms with E-state index >= 15 is 0 Å². The Morgan fingerprint density at radius 3 is 2.33 bits per heavy atom. The molecule has 0 spiro atoms. The van der Waals surface area contributed by atoms with E-state index in [1.54, 1.807) is 0 Å². The fourth-order valence-corrected chi connectivity index (χ4v) is 0.912. The Hall–Kier alpha value is -1.75. The number of hydrazine groups is 1. The van der Waals surface area contributed by atoms with Gasteiger partial charge in [-0.1, -0.05) is 0 Å². The lowest BCUT2D eigenvalue weighted by Crippen LogP contribution is -2.42. The molecule has 1 aromatic rings. The molecule has 3 N–H and O–H groups in total. The summed E-state index contributed by atoms with van der Waals surface area (Å²) in [6, 6.07) is 5.60. The molecule has 0 bridgehead atoms. The van der Waals surface area contributed by atoms with Crippen LogP contribution in [0.5, 0.6) is 5.75 Å². The van der Waals surface area contributed by atoms with Gasteiger partial charge in [0.2, 0.25) is 0 Å². The number of halogens is 1. The summed E-state index contributed by atoms with van der Waals surface area (Å²) in [6.45, 7) is 0. The standard InChI is InChI=1S/C9H9ClN2O3/c10-5-8(14)11-12-9(15)6-1-3-7(13)4-2-6/h1-4,13H,5H2,(H,11,14)(H,12,15). The monoisotopic (exact) mass is 228 g/mol. The quantitative estimate of drug-likeness (QED) is 0.506. The van der Waals surface area contributed by atoms with Gasteiger partial charge in [-0.25, -0.2) is 0 Å². The van der Waals surface area contributed by atoms with Crippen molar-refractivity contribution in [1.29, 1.82) is 0 Å². The van der Waals surface area contributed by atoms with E-state index < -0.39 is 11.8 Å². The number of carbonyl (C=O) groups is 2. The van der Waals surface area contributed by atoms with Crippen LogP contribution in [0.3, 0.4) is 0 Å². The van der Waals surface area contributed by atoms with Gasteiger partial charge in [0.25, 0.3) is 11.8 Å². The van der Waals surface area contributed by atoms with Crippen molar-refractivity contribution >= 4 is 23.4 Å². The van der Waals surface area contributed by atoms with Crippen LogP contribution < -0.4 is 10.9 Å². The molecule has 80 valence electrons. The number of carbonyl (C=O) groups excluding carboxylic acids is 2. The average molecular weight is 229 g/mol. The molecule has 5 nitrogen and oxygen atoms in total. The molecule has 0 atom stereocenters. The first-order chi connectivity index (χ1) is 7.13. The van der Waals surface area contributed by atoms with Crippen LogP contribution in [0.2, 0.25) is 0 Å². The van der Waals surface area contributed by atoms with Gasteiger partial charge in [-0.3, -0.25) is 20.4 Å². The Morgan fingerprint density at radius 2 is 1.80 bits per heavy atom. The molecule has 2 amide bonds. The Kier molecular flexibility index (Phi) is 3.93. The lowest BCUT2D eigenvalue weighted by Gasteiger charge is -2.05. The van der Waals surface area contributed by atoms with E-state index in [9.17, 15) is 9.59 Å². The molecule has 15 heavy (non-hydrogen) atoms. The molecule has 1 rings (SSSR count). The Labute approximate surface area is 91.0 Å². The number of aromatic hydroxyl groups is 1. The molecule has 0 fully saturated rings. The Bertz CT molecular complexity index is 364. The first-order valence-electron chi connectivity index (χ1n) is 4.07. The number of hydrogen-bond donors (Lipinski definition) is 3. The molecule has 0 radical (unpaired) electrons. The van der Waals surface area contributed by atoms with Crippen molar-refractivity contribution < 1.29 is 14.7 Å². The second-order valence-electron chi connectivity index (χ2n) is 2.68. The predicted molar refractivity (Wildman–Crippen MR) is 54.4 cm³/mol. The van der Waals surface area contributed by atoms with Gasteiger partial charge in [-0.2, -0.15) is 0 Å². The van der Waals surface area contributed by atoms with Crippen molar-refractivity contribution in [2.45, 2.75) is 0 Å². The van der Waals surface area contributed by atoms with E-state index in [0.717, 1.165) is 0 Å². The first-order valence-corrected chi connectivity index (χ1v) is 4.61. The summed E-state index contributed by atoms with van der Waals surface area (Å²) in [7, 11) is 0. The molecule has 0 aromatic heterocycles. The third-order valence-electron chi connectivity index (χ3n) is 1.57. The molecular formula is C9H9ClN2O3. The molecule has 1 aromatic carbocycles. The van der Waals surface area contributed by atoms with Gasteiger partial charge < -0.3 is 5.11 Å². The van der Waals surface area contributed by atoms with E-state index in [4.69, 9.17) is 16.7 Å². The minimum absolute atomic E-state index is 0.0661. The fraction of sp³-hybridized carbons (Fsp3) is 0.111. The van der Waals surface area contributed by atoms with Crippen molar-refractivity contribution in [1.82, 2.24) is 10.9 Å². The number of benzene rings is 1. The first kappa shape index (κ1) is 11.3. The second kappa shape index (κ2) is 5.21. The number of hydrogen-bond acceptors (Lipinski definition) is 3. The zero-order valence-corrected chi connectivity index (χ0v) is 8.41. The van der Waals surface area contributed by atoms with Crippen LogP contribution in [0.1, 0.15) is 10.4 Å². The molecule has 0 aliphatic carbocycles. The maximum Gasteiger partial charge on any atom is 0.269 e. The summed E-state index contributed by atoms with van der Waals surface area (Å²) < 4.78 is 0. The van der Waals surface area contributed by atoms with Crippen LogP contribution in [-0.2, 0) is 4.79 Å². The highest BCUT2D eigenvalue weighted by Crippen LogP contribution is 2.08. The molecule has 0 aliphatic heterocycles. The van der Waals surface area contributed by atoms with E-state index in [1.807, 2.05) is 0 Å². The minimum Gasteiger partial charge on any atom is -0.508 e. The van der Waals surface area contributed by atoms with Crippen molar-refractivity contribution in [3.05, 3.63) is 29.8 Å². The largest absolute Gasteiger partial charge is 0.508 e. The molecule has 0 unspecified atom stereocenters. The minimum atomic E-state index is -0.496. The van der Waals surface area contributed by atoms with Crippen LogP contribution >= 0.6 is 11.6 Å². The summed E-state index contributed by atoms with van der Waals surface area (Å²) in [5.41, 5.74) is 4.60. The number of amides is 2. The van der Waals surface area contributed by atoms with Gasteiger partial charge in [-0.15, -0.1) is 11.6 Å². The third-order valence-corrected chi connectivity index (χ3v) is 1.81. The van der Waals surface area contributed by atoms with Crippen molar-refractivity contribution in [3.8, 4) is 5.75 Å². The van der Waals surface area contributed by atoms with Gasteiger partial charge in [0, 0.05) is 5.56 Å². The highest BCUT2D eigenvalue weighted by molar-refractivity contribution is 6.27. The number of alkyl halides is 1. The molecule has 0 heterocycles. The van der Waals surface area contributed by atoms with E-state index in [2.05, 4.69) is 10.9 Å². The Morgan fingerprint density at radius 1 is 1.20 bits per heavy atom. The SMILES string of the molecule is O=C(CCl)NNC(=O)c1ccc(O)cc1. The van der Waals surface area contributed by atoms with Gasteiger partial charge in [0.15, 0.2) is 0 Å². The maximum atomic E-state index is 11.3. The number of rotatable bonds is 2. The molecule has 0 saturated carbocycles. The number of phenolic OH excluding ortho intramolecular Hbond substituents is 1. The van der Waals surface area contributed by atoms with Gasteiger partial charge in [0.05, 0.1) is 0 Å². The van der Waals surface area contributed by atoms with E-state index in [0.29, 0.717) is 5.56 Å². The molecular weight excluding hydrogens is 220 g/mol. The zero-order valence-electron chi connectivity index (χ0n) is 7.66. The van der Waals surface area contributed by atoms with Crippen molar-refractivity contribution in [2.24, 2.45) is 0 Å². The predicted octanol–water partition coefficient (Wildman–Crippen LogP) is 0.392. The van der Waals surface area contributed by atoms with Crippen LogP contribution in [0.4, 0.5) is 0 Å². The molecule has 6 heteroatoms. The summed E-state index contributed by atoms with van der Waals surface area (Å²) >= 11 is 5.21. The summed E-state index contributed by atoms with van der Waals surface area (Å²) in [5, 5.41) is 8.98. The highest BCUT2D eigenvalue weighted by Gasteiger charge is 2.05. The highest BCUT2D eigenvalue weighted by atomic mass is 35.5. The number of phenols is 1. The molecule has 0 aliphatic rings. The van der Waals surface area contributed by atoms with Crippen LogP contribution in [0.25, 0.3) is 0 Å². The van der Waals surface area contributed by atoms with Gasteiger partial charge in [-0.05, 0) is 24.3 Å². The smallest absolute Gasteiger partial charge is 0.269 e. The second-order valence-corrected chi connectivity index (χ2v) is 2.95. The summed E-state index contributed by atoms with van der Waals surface area (Å²) in [5.74, 6) is -1.14. The van der Waals surface area contributed by atoms with Crippen LogP contribution in [0, 0.1) is 0 Å². The Balaban J connectivity index is 2.54. The van der Waals surface area contributed by atoms with Crippen molar-refractivity contribution in [2.75, 3.05) is 5.88 Å².